The second kappa shape index (κ2) is 7.85. The maximum absolute atomic E-state index is 11.9. The summed E-state index contributed by atoms with van der Waals surface area (Å²) in [5.74, 6) is 0.993. The van der Waals surface area contributed by atoms with Crippen LogP contribution in [0.3, 0.4) is 0 Å². The van der Waals surface area contributed by atoms with Crippen molar-refractivity contribution in [2.24, 2.45) is 5.92 Å². The van der Waals surface area contributed by atoms with Crippen LogP contribution < -0.4 is 10.6 Å². The minimum Gasteiger partial charge on any atom is -0.381 e. The Morgan fingerprint density at radius 2 is 1.84 bits per heavy atom. The predicted octanol–water partition coefficient (Wildman–Crippen LogP) is 1.84. The highest BCUT2D eigenvalue weighted by Crippen LogP contribution is 2.22. The lowest BCUT2D eigenvalue weighted by molar-refractivity contribution is -0.121. The molecule has 19 heavy (non-hydrogen) atoms. The number of amides is 1. The molecule has 2 aliphatic rings. The van der Waals surface area contributed by atoms with Crippen LogP contribution in [0.5, 0.6) is 0 Å². The molecule has 0 bridgehead atoms. The van der Waals surface area contributed by atoms with Crippen LogP contribution in [0.25, 0.3) is 0 Å². The van der Waals surface area contributed by atoms with Crippen molar-refractivity contribution in [1.29, 1.82) is 0 Å². The van der Waals surface area contributed by atoms with Crippen LogP contribution in [0.15, 0.2) is 0 Å². The first-order valence-electron chi connectivity index (χ1n) is 7.84. The highest BCUT2D eigenvalue weighted by atomic mass is 16.5. The average molecular weight is 268 g/mol. The van der Waals surface area contributed by atoms with E-state index >= 15 is 0 Å². The molecule has 1 saturated carbocycles. The van der Waals surface area contributed by atoms with E-state index in [1.165, 1.54) is 32.1 Å². The first-order valence-corrected chi connectivity index (χ1v) is 7.84. The van der Waals surface area contributed by atoms with Crippen LogP contribution in [0.4, 0.5) is 0 Å². The van der Waals surface area contributed by atoms with Gasteiger partial charge in [-0.05, 0) is 38.0 Å². The van der Waals surface area contributed by atoms with Gasteiger partial charge in [-0.3, -0.25) is 4.79 Å². The average Bonchev–Trinajstić information content (AvgIpc) is 2.62. The molecule has 0 spiro atoms. The topological polar surface area (TPSA) is 50.4 Å². The lowest BCUT2D eigenvalue weighted by atomic mass is 10.0. The second-order valence-electron chi connectivity index (χ2n) is 6.15. The first kappa shape index (κ1) is 14.8. The number of rotatable bonds is 4. The fraction of sp³-hybridized carbons (Fsp3) is 0.933. The van der Waals surface area contributed by atoms with Crippen molar-refractivity contribution < 1.29 is 9.53 Å². The molecule has 1 aliphatic heterocycles. The number of carbonyl (C=O) groups is 1. The van der Waals surface area contributed by atoms with Gasteiger partial charge in [-0.2, -0.15) is 0 Å². The Kier molecular flexibility index (Phi) is 6.11. The van der Waals surface area contributed by atoms with E-state index in [-0.39, 0.29) is 5.91 Å². The first-order chi connectivity index (χ1) is 9.24. The Morgan fingerprint density at radius 1 is 1.05 bits per heavy atom. The largest absolute Gasteiger partial charge is 0.381 e. The minimum absolute atomic E-state index is 0.143. The van der Waals surface area contributed by atoms with E-state index in [1.807, 2.05) is 0 Å². The predicted molar refractivity (Wildman–Crippen MR) is 76.0 cm³/mol. The molecule has 2 atom stereocenters. The Morgan fingerprint density at radius 3 is 2.63 bits per heavy atom. The molecular formula is C15H28N2O2. The van der Waals surface area contributed by atoms with E-state index in [0.29, 0.717) is 18.6 Å². The Labute approximate surface area is 116 Å². The van der Waals surface area contributed by atoms with Gasteiger partial charge in [-0.1, -0.05) is 19.8 Å². The molecule has 0 aromatic heterocycles. The van der Waals surface area contributed by atoms with Crippen molar-refractivity contribution in [3.63, 3.8) is 0 Å². The van der Waals surface area contributed by atoms with Gasteiger partial charge in [0, 0.05) is 25.3 Å². The fourth-order valence-corrected chi connectivity index (χ4v) is 3.05. The summed E-state index contributed by atoms with van der Waals surface area (Å²) in [5.41, 5.74) is 0. The number of carbonyl (C=O) groups excluding carboxylic acids is 1. The normalized spacial score (nSPS) is 29.7. The van der Waals surface area contributed by atoms with E-state index in [4.69, 9.17) is 4.74 Å². The Bertz CT molecular complexity index is 277. The number of ether oxygens (including phenoxy) is 1. The summed E-state index contributed by atoms with van der Waals surface area (Å²) in [6.07, 6.45) is 8.26. The summed E-state index contributed by atoms with van der Waals surface area (Å²) >= 11 is 0. The molecule has 4 nitrogen and oxygen atoms in total. The minimum atomic E-state index is 0.143. The third kappa shape index (κ3) is 5.49. The monoisotopic (exact) mass is 268 g/mol. The number of hydrogen-bond donors (Lipinski definition) is 2. The Balaban J connectivity index is 1.62. The molecule has 0 aromatic rings. The SMILES string of the molecule is CC1CCCC(NCC(=O)NC2CCOCC2)CC1. The lowest BCUT2D eigenvalue weighted by Crippen LogP contribution is -2.45. The molecule has 0 aromatic carbocycles. The standard InChI is InChI=1S/C15H28N2O2/c1-12-3-2-4-13(6-5-12)16-11-15(18)17-14-7-9-19-10-8-14/h12-14,16H,2-11H2,1H3,(H,17,18). The zero-order valence-electron chi connectivity index (χ0n) is 12.1. The third-order valence-electron chi connectivity index (χ3n) is 4.40. The van der Waals surface area contributed by atoms with Crippen molar-refractivity contribution in [3.05, 3.63) is 0 Å². The van der Waals surface area contributed by atoms with E-state index in [9.17, 15) is 4.79 Å². The van der Waals surface area contributed by atoms with E-state index in [2.05, 4.69) is 17.6 Å². The molecule has 0 radical (unpaired) electrons. The second-order valence-corrected chi connectivity index (χ2v) is 6.15. The van der Waals surface area contributed by atoms with Crippen LogP contribution in [-0.2, 0) is 9.53 Å². The maximum Gasteiger partial charge on any atom is 0.234 e. The van der Waals surface area contributed by atoms with Gasteiger partial charge in [-0.15, -0.1) is 0 Å². The molecule has 1 amide bonds. The van der Waals surface area contributed by atoms with Gasteiger partial charge in [0.15, 0.2) is 0 Å². The van der Waals surface area contributed by atoms with Crippen molar-refractivity contribution in [2.75, 3.05) is 19.8 Å². The molecule has 1 heterocycles. The molecule has 1 aliphatic carbocycles. The highest BCUT2D eigenvalue weighted by molar-refractivity contribution is 5.78. The van der Waals surface area contributed by atoms with Crippen molar-refractivity contribution in [2.45, 2.75) is 64.0 Å². The number of hydrogen-bond acceptors (Lipinski definition) is 3. The maximum atomic E-state index is 11.9. The van der Waals surface area contributed by atoms with Gasteiger partial charge in [-0.25, -0.2) is 0 Å². The van der Waals surface area contributed by atoms with Crippen LogP contribution >= 0.6 is 0 Å². The zero-order chi connectivity index (χ0) is 13.5. The van der Waals surface area contributed by atoms with Crippen molar-refractivity contribution >= 4 is 5.91 Å². The lowest BCUT2D eigenvalue weighted by Gasteiger charge is -2.24. The van der Waals surface area contributed by atoms with Gasteiger partial charge in [0.2, 0.25) is 5.91 Å². The quantitative estimate of drug-likeness (QED) is 0.765. The van der Waals surface area contributed by atoms with E-state index < -0.39 is 0 Å². The summed E-state index contributed by atoms with van der Waals surface area (Å²) in [5, 5.41) is 6.53. The molecule has 2 fully saturated rings. The smallest absolute Gasteiger partial charge is 0.234 e. The molecular weight excluding hydrogens is 240 g/mol. The van der Waals surface area contributed by atoms with Crippen molar-refractivity contribution in [1.82, 2.24) is 10.6 Å². The molecule has 1 saturated heterocycles. The summed E-state index contributed by atoms with van der Waals surface area (Å²) in [6.45, 7) is 4.36. The van der Waals surface area contributed by atoms with Gasteiger partial charge in [0.1, 0.15) is 0 Å². The molecule has 2 unspecified atom stereocenters. The van der Waals surface area contributed by atoms with Gasteiger partial charge in [0.05, 0.1) is 6.54 Å². The summed E-state index contributed by atoms with van der Waals surface area (Å²) in [7, 11) is 0. The molecule has 110 valence electrons. The fourth-order valence-electron chi connectivity index (χ4n) is 3.05. The molecule has 4 heteroatoms. The zero-order valence-corrected chi connectivity index (χ0v) is 12.1. The Hall–Kier alpha value is -0.610. The van der Waals surface area contributed by atoms with Gasteiger partial charge < -0.3 is 15.4 Å². The third-order valence-corrected chi connectivity index (χ3v) is 4.40. The van der Waals surface area contributed by atoms with Gasteiger partial charge >= 0.3 is 0 Å². The molecule has 2 N–H and O–H groups in total. The van der Waals surface area contributed by atoms with E-state index in [0.717, 1.165) is 32.0 Å². The van der Waals surface area contributed by atoms with Crippen LogP contribution in [-0.4, -0.2) is 37.7 Å². The van der Waals surface area contributed by atoms with Gasteiger partial charge in [0.25, 0.3) is 0 Å². The van der Waals surface area contributed by atoms with Crippen LogP contribution in [0, 0.1) is 5.92 Å². The van der Waals surface area contributed by atoms with Crippen LogP contribution in [0.1, 0.15) is 51.9 Å². The van der Waals surface area contributed by atoms with Crippen LogP contribution in [0.2, 0.25) is 0 Å². The summed E-state index contributed by atoms with van der Waals surface area (Å²) in [6, 6.07) is 0.850. The highest BCUT2D eigenvalue weighted by Gasteiger charge is 2.18. The molecule has 2 rings (SSSR count). The van der Waals surface area contributed by atoms with E-state index in [1.54, 1.807) is 0 Å². The van der Waals surface area contributed by atoms with Crippen molar-refractivity contribution in [3.8, 4) is 0 Å². The summed E-state index contributed by atoms with van der Waals surface area (Å²) in [4.78, 5) is 11.9. The number of nitrogens with one attached hydrogen (secondary N) is 2. The summed E-state index contributed by atoms with van der Waals surface area (Å²) < 4.78 is 5.29.